The van der Waals surface area contributed by atoms with Crippen molar-refractivity contribution in [3.05, 3.63) is 46.5 Å². The highest BCUT2D eigenvalue weighted by Crippen LogP contribution is 2.22. The Hall–Kier alpha value is -1.79. The first kappa shape index (κ1) is 16.6. The van der Waals surface area contributed by atoms with Gasteiger partial charge in [-0.15, -0.1) is 11.3 Å². The van der Waals surface area contributed by atoms with Gasteiger partial charge in [0.1, 0.15) is 11.9 Å². The lowest BCUT2D eigenvalue weighted by Crippen LogP contribution is -2.42. The predicted molar refractivity (Wildman–Crippen MR) is 86.8 cm³/mol. The molecule has 0 aliphatic heterocycles. The van der Waals surface area contributed by atoms with E-state index in [0.29, 0.717) is 12.2 Å². The van der Waals surface area contributed by atoms with E-state index >= 15 is 0 Å². The van der Waals surface area contributed by atoms with E-state index < -0.39 is 6.10 Å². The number of aliphatic hydroxyl groups is 1. The smallest absolute Gasteiger partial charge is 0.315 e. The molecule has 0 aromatic carbocycles. The first-order valence-electron chi connectivity index (χ1n) is 7.42. The van der Waals surface area contributed by atoms with Gasteiger partial charge in [-0.1, -0.05) is 13.0 Å². The fraction of sp³-hybridized carbons (Fsp3) is 0.438. The van der Waals surface area contributed by atoms with E-state index in [2.05, 4.69) is 10.6 Å². The first-order chi connectivity index (χ1) is 10.6. The number of urea groups is 1. The molecule has 2 aromatic rings. The maximum Gasteiger partial charge on any atom is 0.315 e. The van der Waals surface area contributed by atoms with E-state index in [0.717, 1.165) is 11.3 Å². The summed E-state index contributed by atoms with van der Waals surface area (Å²) in [5.41, 5.74) is 0. The summed E-state index contributed by atoms with van der Waals surface area (Å²) in [6.07, 6.45) is 2.04. The Morgan fingerprint density at radius 1 is 1.36 bits per heavy atom. The summed E-state index contributed by atoms with van der Waals surface area (Å²) in [5, 5.41) is 17.8. The van der Waals surface area contributed by atoms with Crippen molar-refractivity contribution in [2.45, 2.75) is 44.9 Å². The molecule has 22 heavy (non-hydrogen) atoms. The number of amides is 2. The second kappa shape index (κ2) is 8.00. The molecule has 3 N–H and O–H groups in total. The van der Waals surface area contributed by atoms with Gasteiger partial charge in [-0.3, -0.25) is 0 Å². The summed E-state index contributed by atoms with van der Waals surface area (Å²) in [4.78, 5) is 13.2. The SMILES string of the molecule is CCC(NC(=O)NC(C)CC(O)c1ccco1)c1cccs1. The van der Waals surface area contributed by atoms with Crippen molar-refractivity contribution in [1.29, 1.82) is 0 Å². The highest BCUT2D eigenvalue weighted by Gasteiger charge is 2.18. The summed E-state index contributed by atoms with van der Waals surface area (Å²) in [6.45, 7) is 3.90. The fourth-order valence-electron chi connectivity index (χ4n) is 2.28. The fourth-order valence-corrected chi connectivity index (χ4v) is 3.14. The zero-order chi connectivity index (χ0) is 15.9. The van der Waals surface area contributed by atoms with Gasteiger partial charge >= 0.3 is 6.03 Å². The Morgan fingerprint density at radius 3 is 2.77 bits per heavy atom. The molecule has 2 amide bonds. The Labute approximate surface area is 134 Å². The standard InChI is InChI=1S/C16H22N2O3S/c1-3-12(15-7-5-9-22-15)18-16(20)17-11(2)10-13(19)14-6-4-8-21-14/h4-9,11-13,19H,3,10H2,1-2H3,(H2,17,18,20). The number of carbonyl (C=O) groups is 1. The molecule has 0 bridgehead atoms. The number of aliphatic hydroxyl groups excluding tert-OH is 1. The van der Waals surface area contributed by atoms with Gasteiger partial charge in [-0.25, -0.2) is 4.79 Å². The number of hydrogen-bond donors (Lipinski definition) is 3. The number of thiophene rings is 1. The largest absolute Gasteiger partial charge is 0.467 e. The molecule has 0 spiro atoms. The van der Waals surface area contributed by atoms with Crippen molar-refractivity contribution in [2.75, 3.05) is 0 Å². The molecule has 0 saturated heterocycles. The Balaban J connectivity index is 1.80. The van der Waals surface area contributed by atoms with Gasteiger partial charge in [0, 0.05) is 17.3 Å². The van der Waals surface area contributed by atoms with Gasteiger partial charge in [0.2, 0.25) is 0 Å². The van der Waals surface area contributed by atoms with Crippen molar-refractivity contribution >= 4 is 17.4 Å². The lowest BCUT2D eigenvalue weighted by atomic mass is 10.1. The molecule has 0 saturated carbocycles. The van der Waals surface area contributed by atoms with Gasteiger partial charge in [0.25, 0.3) is 0 Å². The average molecular weight is 322 g/mol. The second-order valence-corrected chi connectivity index (χ2v) is 6.24. The summed E-state index contributed by atoms with van der Waals surface area (Å²) < 4.78 is 5.16. The Kier molecular flexibility index (Phi) is 6.03. The average Bonchev–Trinajstić information content (AvgIpc) is 3.17. The molecule has 0 fully saturated rings. The van der Waals surface area contributed by atoms with Gasteiger partial charge in [0.15, 0.2) is 0 Å². The minimum absolute atomic E-state index is 0.0159. The number of hydrogen-bond acceptors (Lipinski definition) is 4. The molecule has 2 rings (SSSR count). The van der Waals surface area contributed by atoms with Crippen LogP contribution in [0.4, 0.5) is 4.79 Å². The van der Waals surface area contributed by atoms with Crippen molar-refractivity contribution < 1.29 is 14.3 Å². The van der Waals surface area contributed by atoms with Crippen LogP contribution in [0.3, 0.4) is 0 Å². The third-order valence-electron chi connectivity index (χ3n) is 3.43. The Bertz CT molecular complexity index is 554. The highest BCUT2D eigenvalue weighted by molar-refractivity contribution is 7.10. The predicted octanol–water partition coefficient (Wildman–Crippen LogP) is 3.60. The normalized spacial score (nSPS) is 15.0. The Morgan fingerprint density at radius 2 is 2.18 bits per heavy atom. The number of furan rings is 1. The summed E-state index contributed by atoms with van der Waals surface area (Å²) >= 11 is 1.63. The molecule has 2 aromatic heterocycles. The van der Waals surface area contributed by atoms with Crippen LogP contribution in [0.25, 0.3) is 0 Å². The van der Waals surface area contributed by atoms with Crippen LogP contribution >= 0.6 is 11.3 Å². The monoisotopic (exact) mass is 322 g/mol. The van der Waals surface area contributed by atoms with Gasteiger partial charge in [-0.2, -0.15) is 0 Å². The number of carbonyl (C=O) groups excluding carboxylic acids is 1. The lowest BCUT2D eigenvalue weighted by molar-refractivity contribution is 0.129. The van der Waals surface area contributed by atoms with Crippen LogP contribution in [0.1, 0.15) is 49.5 Å². The minimum atomic E-state index is -0.718. The first-order valence-corrected chi connectivity index (χ1v) is 8.30. The van der Waals surface area contributed by atoms with Gasteiger partial charge < -0.3 is 20.2 Å². The van der Waals surface area contributed by atoms with Crippen LogP contribution in [0, 0.1) is 0 Å². The van der Waals surface area contributed by atoms with E-state index in [1.807, 2.05) is 31.4 Å². The summed E-state index contributed by atoms with van der Waals surface area (Å²) in [6, 6.07) is 7.08. The van der Waals surface area contributed by atoms with Crippen LogP contribution in [0.15, 0.2) is 40.3 Å². The molecular weight excluding hydrogens is 300 g/mol. The summed E-state index contributed by atoms with van der Waals surface area (Å²) in [7, 11) is 0. The highest BCUT2D eigenvalue weighted by atomic mass is 32.1. The topological polar surface area (TPSA) is 74.5 Å². The minimum Gasteiger partial charge on any atom is -0.467 e. The van der Waals surface area contributed by atoms with Gasteiger partial charge in [0.05, 0.1) is 12.3 Å². The molecule has 0 aliphatic rings. The number of nitrogens with one attached hydrogen (secondary N) is 2. The van der Waals surface area contributed by atoms with Gasteiger partial charge in [-0.05, 0) is 36.9 Å². The van der Waals surface area contributed by atoms with Crippen molar-refractivity contribution in [3.8, 4) is 0 Å². The molecular formula is C16H22N2O3S. The maximum absolute atomic E-state index is 12.1. The number of rotatable bonds is 7. The van der Waals surface area contributed by atoms with Crippen LogP contribution in [0.2, 0.25) is 0 Å². The van der Waals surface area contributed by atoms with Crippen molar-refractivity contribution in [3.63, 3.8) is 0 Å². The van der Waals surface area contributed by atoms with E-state index in [-0.39, 0.29) is 18.1 Å². The molecule has 0 radical (unpaired) electrons. The molecule has 6 heteroatoms. The second-order valence-electron chi connectivity index (χ2n) is 5.26. The zero-order valence-electron chi connectivity index (χ0n) is 12.8. The summed E-state index contributed by atoms with van der Waals surface area (Å²) in [5.74, 6) is 0.513. The van der Waals surface area contributed by atoms with Crippen molar-refractivity contribution in [1.82, 2.24) is 10.6 Å². The zero-order valence-corrected chi connectivity index (χ0v) is 13.6. The lowest BCUT2D eigenvalue weighted by Gasteiger charge is -2.20. The maximum atomic E-state index is 12.1. The molecule has 3 unspecified atom stereocenters. The van der Waals surface area contributed by atoms with E-state index in [1.165, 1.54) is 6.26 Å². The van der Waals surface area contributed by atoms with Crippen LogP contribution in [-0.4, -0.2) is 17.2 Å². The van der Waals surface area contributed by atoms with Crippen LogP contribution in [0.5, 0.6) is 0 Å². The molecule has 120 valence electrons. The third kappa shape index (κ3) is 4.61. The molecule has 5 nitrogen and oxygen atoms in total. The molecule has 2 heterocycles. The van der Waals surface area contributed by atoms with E-state index in [4.69, 9.17) is 4.42 Å². The van der Waals surface area contributed by atoms with Crippen LogP contribution in [-0.2, 0) is 0 Å². The van der Waals surface area contributed by atoms with E-state index in [1.54, 1.807) is 23.5 Å². The molecule has 3 atom stereocenters. The van der Waals surface area contributed by atoms with Crippen molar-refractivity contribution in [2.24, 2.45) is 0 Å². The van der Waals surface area contributed by atoms with E-state index in [9.17, 15) is 9.90 Å². The quantitative estimate of drug-likeness (QED) is 0.729. The third-order valence-corrected chi connectivity index (χ3v) is 4.41. The molecule has 0 aliphatic carbocycles. The van der Waals surface area contributed by atoms with Crippen LogP contribution < -0.4 is 10.6 Å².